The second kappa shape index (κ2) is 6.77. The number of nitrogens with zero attached hydrogens (tertiary/aromatic N) is 2. The number of methoxy groups -OCH3 is 1. The molecular weight excluding hydrogens is 342 g/mol. The molecule has 0 radical (unpaired) electrons. The number of aryl methyl sites for hydroxylation is 2. The van der Waals surface area contributed by atoms with Crippen molar-refractivity contribution in [1.82, 2.24) is 9.97 Å². The number of hydrogen-bond donors (Lipinski definition) is 1. The standard InChI is InChI=1S/C21H19N3OS/c1-13-4-6-15(7-5-13)18-14(2)26-21-19(18)20(22-12-23-21)24-16-8-10-17(25-3)11-9-16/h4-12H,1-3H3,(H,22,23,24). The van der Waals surface area contributed by atoms with Crippen LogP contribution in [0.5, 0.6) is 5.75 Å². The van der Waals surface area contributed by atoms with Gasteiger partial charge in [-0.05, 0) is 43.7 Å². The predicted molar refractivity (Wildman–Crippen MR) is 109 cm³/mol. The highest BCUT2D eigenvalue weighted by molar-refractivity contribution is 7.19. The van der Waals surface area contributed by atoms with Gasteiger partial charge in [0.2, 0.25) is 0 Å². The van der Waals surface area contributed by atoms with E-state index in [1.807, 2.05) is 24.3 Å². The smallest absolute Gasteiger partial charge is 0.143 e. The van der Waals surface area contributed by atoms with E-state index in [4.69, 9.17) is 4.74 Å². The number of ether oxygens (including phenoxy) is 1. The van der Waals surface area contributed by atoms with E-state index >= 15 is 0 Å². The molecule has 26 heavy (non-hydrogen) atoms. The maximum Gasteiger partial charge on any atom is 0.143 e. The fraction of sp³-hybridized carbons (Fsp3) is 0.143. The third-order valence-corrected chi connectivity index (χ3v) is 5.37. The lowest BCUT2D eigenvalue weighted by molar-refractivity contribution is 0.415. The van der Waals surface area contributed by atoms with Crippen molar-refractivity contribution in [2.75, 3.05) is 12.4 Å². The van der Waals surface area contributed by atoms with Gasteiger partial charge in [0.25, 0.3) is 0 Å². The molecule has 0 amide bonds. The third kappa shape index (κ3) is 3.02. The Hall–Kier alpha value is -2.92. The van der Waals surface area contributed by atoms with Gasteiger partial charge >= 0.3 is 0 Å². The van der Waals surface area contributed by atoms with Gasteiger partial charge in [-0.15, -0.1) is 11.3 Å². The van der Waals surface area contributed by atoms with E-state index in [1.165, 1.54) is 21.6 Å². The first-order valence-electron chi connectivity index (χ1n) is 8.38. The van der Waals surface area contributed by atoms with E-state index in [1.54, 1.807) is 24.8 Å². The third-order valence-electron chi connectivity index (χ3n) is 4.36. The minimum atomic E-state index is 0.820. The second-order valence-electron chi connectivity index (χ2n) is 6.16. The molecule has 0 bridgehead atoms. The largest absolute Gasteiger partial charge is 0.497 e. The number of benzene rings is 2. The number of anilines is 2. The Morgan fingerprint density at radius 1 is 0.923 bits per heavy atom. The molecule has 0 aliphatic carbocycles. The normalized spacial score (nSPS) is 10.9. The van der Waals surface area contributed by atoms with Gasteiger partial charge in [0.1, 0.15) is 22.7 Å². The molecule has 2 heterocycles. The summed E-state index contributed by atoms with van der Waals surface area (Å²) < 4.78 is 5.23. The molecule has 2 aromatic heterocycles. The Bertz CT molecular complexity index is 1050. The van der Waals surface area contributed by atoms with Crippen molar-refractivity contribution in [3.8, 4) is 16.9 Å². The molecule has 0 aliphatic heterocycles. The van der Waals surface area contributed by atoms with Crippen LogP contribution in [0.1, 0.15) is 10.4 Å². The highest BCUT2D eigenvalue weighted by atomic mass is 32.1. The molecule has 4 nitrogen and oxygen atoms in total. The summed E-state index contributed by atoms with van der Waals surface area (Å²) >= 11 is 1.70. The molecule has 4 rings (SSSR count). The maximum absolute atomic E-state index is 5.23. The SMILES string of the molecule is COc1ccc(Nc2ncnc3sc(C)c(-c4ccc(C)cc4)c23)cc1. The van der Waals surface area contributed by atoms with Crippen molar-refractivity contribution in [3.63, 3.8) is 0 Å². The van der Waals surface area contributed by atoms with Crippen LogP contribution in [0.25, 0.3) is 21.3 Å². The minimum absolute atomic E-state index is 0.820. The molecule has 5 heteroatoms. The molecule has 0 saturated carbocycles. The zero-order valence-corrected chi connectivity index (χ0v) is 15.7. The van der Waals surface area contributed by atoms with Crippen molar-refractivity contribution in [1.29, 1.82) is 0 Å². The Kier molecular flexibility index (Phi) is 4.31. The summed E-state index contributed by atoms with van der Waals surface area (Å²) in [5.74, 6) is 1.65. The average Bonchev–Trinajstić information content (AvgIpc) is 3.00. The second-order valence-corrected chi connectivity index (χ2v) is 7.36. The van der Waals surface area contributed by atoms with Crippen LogP contribution in [0.3, 0.4) is 0 Å². The fourth-order valence-electron chi connectivity index (χ4n) is 3.02. The summed E-state index contributed by atoms with van der Waals surface area (Å²) in [6.45, 7) is 4.24. The van der Waals surface area contributed by atoms with Crippen molar-refractivity contribution >= 4 is 33.1 Å². The zero-order valence-electron chi connectivity index (χ0n) is 14.9. The molecule has 4 aromatic rings. The lowest BCUT2D eigenvalue weighted by Gasteiger charge is -2.10. The van der Waals surface area contributed by atoms with Gasteiger partial charge in [-0.3, -0.25) is 0 Å². The van der Waals surface area contributed by atoms with Crippen molar-refractivity contribution in [2.24, 2.45) is 0 Å². The van der Waals surface area contributed by atoms with Gasteiger partial charge in [0.05, 0.1) is 12.5 Å². The van der Waals surface area contributed by atoms with E-state index < -0.39 is 0 Å². The van der Waals surface area contributed by atoms with Gasteiger partial charge in [-0.1, -0.05) is 29.8 Å². The van der Waals surface area contributed by atoms with Gasteiger partial charge < -0.3 is 10.1 Å². The topological polar surface area (TPSA) is 47.0 Å². The monoisotopic (exact) mass is 361 g/mol. The number of fused-ring (bicyclic) bond motifs is 1. The molecule has 0 saturated heterocycles. The maximum atomic E-state index is 5.23. The molecule has 130 valence electrons. The summed E-state index contributed by atoms with van der Waals surface area (Å²) in [4.78, 5) is 11.2. The minimum Gasteiger partial charge on any atom is -0.497 e. The Balaban J connectivity index is 1.83. The van der Waals surface area contributed by atoms with Crippen LogP contribution < -0.4 is 10.1 Å². The van der Waals surface area contributed by atoms with E-state index in [-0.39, 0.29) is 0 Å². The molecule has 0 atom stereocenters. The van der Waals surface area contributed by atoms with Gasteiger partial charge in [0, 0.05) is 16.1 Å². The summed E-state index contributed by atoms with van der Waals surface area (Å²) in [6.07, 6.45) is 1.61. The molecule has 0 unspecified atom stereocenters. The number of thiophene rings is 1. The van der Waals surface area contributed by atoms with Crippen LogP contribution in [0.2, 0.25) is 0 Å². The summed E-state index contributed by atoms with van der Waals surface area (Å²) in [6, 6.07) is 16.4. The van der Waals surface area contributed by atoms with Crippen molar-refractivity contribution < 1.29 is 4.74 Å². The number of rotatable bonds is 4. The van der Waals surface area contributed by atoms with Crippen LogP contribution in [0.15, 0.2) is 54.9 Å². The molecule has 2 aromatic carbocycles. The van der Waals surface area contributed by atoms with Gasteiger partial charge in [-0.2, -0.15) is 0 Å². The summed E-state index contributed by atoms with van der Waals surface area (Å²) in [5, 5.41) is 4.50. The van der Waals surface area contributed by atoms with E-state index in [9.17, 15) is 0 Å². The number of hydrogen-bond acceptors (Lipinski definition) is 5. The van der Waals surface area contributed by atoms with Crippen molar-refractivity contribution in [3.05, 3.63) is 65.3 Å². The van der Waals surface area contributed by atoms with Gasteiger partial charge in [-0.25, -0.2) is 9.97 Å². The van der Waals surface area contributed by atoms with Crippen LogP contribution >= 0.6 is 11.3 Å². The molecule has 0 aliphatic rings. The molecule has 0 fully saturated rings. The van der Waals surface area contributed by atoms with Crippen LogP contribution in [0.4, 0.5) is 11.5 Å². The van der Waals surface area contributed by atoms with Crippen LogP contribution in [-0.4, -0.2) is 17.1 Å². The number of nitrogens with one attached hydrogen (secondary N) is 1. The molecule has 1 N–H and O–H groups in total. The van der Waals surface area contributed by atoms with Gasteiger partial charge in [0.15, 0.2) is 0 Å². The Labute approximate surface area is 156 Å². The van der Waals surface area contributed by atoms with Crippen LogP contribution in [-0.2, 0) is 0 Å². The lowest BCUT2D eigenvalue weighted by atomic mass is 10.0. The van der Waals surface area contributed by atoms with Crippen molar-refractivity contribution in [2.45, 2.75) is 13.8 Å². The quantitative estimate of drug-likeness (QED) is 0.504. The first-order valence-corrected chi connectivity index (χ1v) is 9.19. The Morgan fingerprint density at radius 3 is 2.35 bits per heavy atom. The molecular formula is C21H19N3OS. The van der Waals surface area contributed by atoms with E-state index in [0.717, 1.165) is 27.5 Å². The van der Waals surface area contributed by atoms with E-state index in [0.29, 0.717) is 0 Å². The summed E-state index contributed by atoms with van der Waals surface area (Å²) in [5.41, 5.74) is 4.59. The lowest BCUT2D eigenvalue weighted by Crippen LogP contribution is -1.96. The first-order chi connectivity index (χ1) is 12.7. The zero-order chi connectivity index (χ0) is 18.1. The highest BCUT2D eigenvalue weighted by Gasteiger charge is 2.16. The highest BCUT2D eigenvalue weighted by Crippen LogP contribution is 2.41. The fourth-order valence-corrected chi connectivity index (χ4v) is 4.03. The average molecular weight is 361 g/mol. The predicted octanol–water partition coefficient (Wildman–Crippen LogP) is 5.73. The van der Waals surface area contributed by atoms with E-state index in [2.05, 4.69) is 53.4 Å². The first kappa shape index (κ1) is 16.5. The Morgan fingerprint density at radius 2 is 1.65 bits per heavy atom. The van der Waals surface area contributed by atoms with Crippen LogP contribution in [0, 0.1) is 13.8 Å². The summed E-state index contributed by atoms with van der Waals surface area (Å²) in [7, 11) is 1.67. The number of aromatic nitrogens is 2. The molecule has 0 spiro atoms.